The quantitative estimate of drug-likeness (QED) is 0.824. The summed E-state index contributed by atoms with van der Waals surface area (Å²) in [6.07, 6.45) is 0.329. The van der Waals surface area contributed by atoms with Crippen molar-refractivity contribution in [1.29, 1.82) is 0 Å². The molecule has 0 aliphatic rings. The third-order valence-corrected chi connectivity index (χ3v) is 2.51. The number of anilines is 1. The van der Waals surface area contributed by atoms with Crippen LogP contribution in [-0.4, -0.2) is 24.2 Å². The Morgan fingerprint density at radius 1 is 1.53 bits per heavy atom. The maximum absolute atomic E-state index is 11.6. The van der Waals surface area contributed by atoms with Crippen LogP contribution in [0.25, 0.3) is 0 Å². The SMILES string of the molecule is COc1ccc(C)c(NC(=O)CCC(C)O)c1. The minimum absolute atomic E-state index is 0.0951. The predicted octanol–water partition coefficient (Wildman–Crippen LogP) is 2.10. The largest absolute Gasteiger partial charge is 0.497 e. The van der Waals surface area contributed by atoms with E-state index in [1.165, 1.54) is 0 Å². The number of amides is 1. The van der Waals surface area contributed by atoms with Gasteiger partial charge in [-0.25, -0.2) is 0 Å². The lowest BCUT2D eigenvalue weighted by atomic mass is 10.1. The Morgan fingerprint density at radius 2 is 2.24 bits per heavy atom. The van der Waals surface area contributed by atoms with E-state index in [2.05, 4.69) is 5.32 Å². The average Bonchev–Trinajstić information content (AvgIpc) is 2.29. The molecule has 0 bridgehead atoms. The molecule has 1 rings (SSSR count). The molecule has 94 valence electrons. The number of aliphatic hydroxyl groups excluding tert-OH is 1. The van der Waals surface area contributed by atoms with Crippen molar-refractivity contribution in [1.82, 2.24) is 0 Å². The molecule has 4 nitrogen and oxygen atoms in total. The molecule has 4 heteroatoms. The van der Waals surface area contributed by atoms with Gasteiger partial charge in [-0.05, 0) is 31.9 Å². The second-order valence-corrected chi connectivity index (χ2v) is 4.12. The lowest BCUT2D eigenvalue weighted by Crippen LogP contribution is -2.14. The fourth-order valence-corrected chi connectivity index (χ4v) is 1.42. The molecular weight excluding hydrogens is 218 g/mol. The van der Waals surface area contributed by atoms with Gasteiger partial charge < -0.3 is 15.2 Å². The van der Waals surface area contributed by atoms with Gasteiger partial charge in [-0.2, -0.15) is 0 Å². The van der Waals surface area contributed by atoms with Gasteiger partial charge in [-0.15, -0.1) is 0 Å². The van der Waals surface area contributed by atoms with E-state index in [1.807, 2.05) is 19.1 Å². The van der Waals surface area contributed by atoms with Gasteiger partial charge in [0.25, 0.3) is 0 Å². The van der Waals surface area contributed by atoms with E-state index in [-0.39, 0.29) is 5.91 Å². The van der Waals surface area contributed by atoms with Crippen molar-refractivity contribution in [2.24, 2.45) is 0 Å². The number of aliphatic hydroxyl groups is 1. The highest BCUT2D eigenvalue weighted by atomic mass is 16.5. The molecule has 17 heavy (non-hydrogen) atoms. The highest BCUT2D eigenvalue weighted by Gasteiger charge is 2.07. The third-order valence-electron chi connectivity index (χ3n) is 2.51. The van der Waals surface area contributed by atoms with Gasteiger partial charge in [-0.3, -0.25) is 4.79 Å². The van der Waals surface area contributed by atoms with E-state index in [4.69, 9.17) is 9.84 Å². The second kappa shape index (κ2) is 6.25. The van der Waals surface area contributed by atoms with Crippen molar-refractivity contribution in [2.75, 3.05) is 12.4 Å². The lowest BCUT2D eigenvalue weighted by molar-refractivity contribution is -0.116. The fourth-order valence-electron chi connectivity index (χ4n) is 1.42. The van der Waals surface area contributed by atoms with Gasteiger partial charge in [0.15, 0.2) is 0 Å². The molecule has 1 unspecified atom stereocenters. The molecule has 0 heterocycles. The summed E-state index contributed by atoms with van der Waals surface area (Å²) in [5, 5.41) is 11.9. The molecule has 1 atom stereocenters. The van der Waals surface area contributed by atoms with Crippen LogP contribution in [0.15, 0.2) is 18.2 Å². The van der Waals surface area contributed by atoms with Crippen LogP contribution < -0.4 is 10.1 Å². The summed E-state index contributed by atoms with van der Waals surface area (Å²) < 4.78 is 5.10. The highest BCUT2D eigenvalue weighted by molar-refractivity contribution is 5.91. The van der Waals surface area contributed by atoms with Gasteiger partial charge in [0.05, 0.1) is 13.2 Å². The number of hydrogen-bond acceptors (Lipinski definition) is 3. The zero-order chi connectivity index (χ0) is 12.8. The summed E-state index contributed by atoms with van der Waals surface area (Å²) in [4.78, 5) is 11.6. The van der Waals surface area contributed by atoms with Crippen LogP contribution in [0.4, 0.5) is 5.69 Å². The van der Waals surface area contributed by atoms with E-state index >= 15 is 0 Å². The summed E-state index contributed by atoms with van der Waals surface area (Å²) in [6, 6.07) is 5.53. The first-order valence-corrected chi connectivity index (χ1v) is 5.65. The van der Waals surface area contributed by atoms with Crippen LogP contribution in [0.1, 0.15) is 25.3 Å². The predicted molar refractivity (Wildman–Crippen MR) is 67.3 cm³/mol. The third kappa shape index (κ3) is 4.44. The number of hydrogen-bond donors (Lipinski definition) is 2. The molecule has 0 aliphatic carbocycles. The lowest BCUT2D eigenvalue weighted by Gasteiger charge is -2.10. The van der Waals surface area contributed by atoms with Gasteiger partial charge >= 0.3 is 0 Å². The smallest absolute Gasteiger partial charge is 0.224 e. The zero-order valence-corrected chi connectivity index (χ0v) is 10.5. The van der Waals surface area contributed by atoms with Crippen LogP contribution in [-0.2, 0) is 4.79 Å². The summed E-state index contributed by atoms with van der Waals surface area (Å²) in [5.74, 6) is 0.615. The molecule has 0 fully saturated rings. The maximum Gasteiger partial charge on any atom is 0.224 e. The molecule has 2 N–H and O–H groups in total. The Bertz CT molecular complexity index is 388. The van der Waals surface area contributed by atoms with E-state index in [0.717, 1.165) is 11.3 Å². The molecule has 1 aromatic carbocycles. The molecule has 0 spiro atoms. The number of rotatable bonds is 5. The Hall–Kier alpha value is -1.55. The standard InChI is InChI=1S/C13H19NO3/c1-9-4-6-11(17-3)8-12(9)14-13(16)7-5-10(2)15/h4,6,8,10,15H,5,7H2,1-3H3,(H,14,16). The Morgan fingerprint density at radius 3 is 2.82 bits per heavy atom. The minimum Gasteiger partial charge on any atom is -0.497 e. The van der Waals surface area contributed by atoms with Gasteiger partial charge in [-0.1, -0.05) is 6.07 Å². The first kappa shape index (κ1) is 13.5. The van der Waals surface area contributed by atoms with Crippen molar-refractivity contribution in [2.45, 2.75) is 32.8 Å². The zero-order valence-electron chi connectivity index (χ0n) is 10.5. The van der Waals surface area contributed by atoms with E-state index < -0.39 is 6.10 Å². The number of aryl methyl sites for hydroxylation is 1. The molecule has 1 aromatic rings. The molecule has 0 saturated carbocycles. The Labute approximate surface area is 102 Å². The molecule has 0 saturated heterocycles. The van der Waals surface area contributed by atoms with E-state index in [9.17, 15) is 4.79 Å². The summed E-state index contributed by atoms with van der Waals surface area (Å²) in [6.45, 7) is 3.59. The summed E-state index contributed by atoms with van der Waals surface area (Å²) in [7, 11) is 1.59. The Balaban J connectivity index is 2.64. The van der Waals surface area contributed by atoms with E-state index in [1.54, 1.807) is 20.1 Å². The normalized spacial score (nSPS) is 12.0. The van der Waals surface area contributed by atoms with Crippen molar-refractivity contribution in [3.05, 3.63) is 23.8 Å². The summed E-state index contributed by atoms with van der Waals surface area (Å²) >= 11 is 0. The number of ether oxygens (including phenoxy) is 1. The van der Waals surface area contributed by atoms with Crippen molar-refractivity contribution < 1.29 is 14.6 Å². The maximum atomic E-state index is 11.6. The van der Waals surface area contributed by atoms with Crippen molar-refractivity contribution in [3.8, 4) is 5.75 Å². The molecule has 1 amide bonds. The van der Waals surface area contributed by atoms with Gasteiger partial charge in [0.1, 0.15) is 5.75 Å². The number of carbonyl (C=O) groups excluding carboxylic acids is 1. The molecular formula is C13H19NO3. The minimum atomic E-state index is -0.452. The topological polar surface area (TPSA) is 58.6 Å². The number of methoxy groups -OCH3 is 1. The molecule has 0 aliphatic heterocycles. The molecule has 0 radical (unpaired) electrons. The van der Waals surface area contributed by atoms with Crippen LogP contribution in [0.3, 0.4) is 0 Å². The number of nitrogens with one attached hydrogen (secondary N) is 1. The van der Waals surface area contributed by atoms with Crippen LogP contribution in [0, 0.1) is 6.92 Å². The van der Waals surface area contributed by atoms with Crippen LogP contribution in [0.5, 0.6) is 5.75 Å². The van der Waals surface area contributed by atoms with E-state index in [0.29, 0.717) is 18.6 Å². The second-order valence-electron chi connectivity index (χ2n) is 4.12. The van der Waals surface area contributed by atoms with Gasteiger partial charge in [0, 0.05) is 18.2 Å². The highest BCUT2D eigenvalue weighted by Crippen LogP contribution is 2.21. The van der Waals surface area contributed by atoms with Crippen molar-refractivity contribution >= 4 is 11.6 Å². The van der Waals surface area contributed by atoms with Crippen LogP contribution in [0.2, 0.25) is 0 Å². The first-order chi connectivity index (χ1) is 8.02. The Kier molecular flexibility index (Phi) is 4.97. The first-order valence-electron chi connectivity index (χ1n) is 5.65. The number of carbonyl (C=O) groups is 1. The van der Waals surface area contributed by atoms with Crippen molar-refractivity contribution in [3.63, 3.8) is 0 Å². The fraction of sp³-hybridized carbons (Fsp3) is 0.462. The number of benzene rings is 1. The van der Waals surface area contributed by atoms with Gasteiger partial charge in [0.2, 0.25) is 5.91 Å². The average molecular weight is 237 g/mol. The summed E-state index contributed by atoms with van der Waals surface area (Å²) in [5.41, 5.74) is 1.73. The van der Waals surface area contributed by atoms with Crippen LogP contribution >= 0.6 is 0 Å². The monoisotopic (exact) mass is 237 g/mol. The molecule has 0 aromatic heterocycles.